The third-order valence-electron chi connectivity index (χ3n) is 6.36. The summed E-state index contributed by atoms with van der Waals surface area (Å²) in [6, 6.07) is 7.88. The molecule has 0 spiro atoms. The fourth-order valence-corrected chi connectivity index (χ4v) is 5.26. The van der Waals surface area contributed by atoms with E-state index in [0.29, 0.717) is 16.7 Å². The van der Waals surface area contributed by atoms with Gasteiger partial charge in [-0.2, -0.15) is 31.6 Å². The number of nitriles is 1. The van der Waals surface area contributed by atoms with Crippen LogP contribution in [0.25, 0.3) is 22.6 Å². The maximum absolute atomic E-state index is 14.4. The van der Waals surface area contributed by atoms with Crippen LogP contribution in [-0.4, -0.2) is 24.9 Å². The maximum Gasteiger partial charge on any atom is 0.417 e. The summed E-state index contributed by atoms with van der Waals surface area (Å²) in [7, 11) is -4.00. The molecule has 0 atom stereocenters. The smallest absolute Gasteiger partial charge is 0.417 e. The van der Waals surface area contributed by atoms with Crippen LogP contribution in [0.5, 0.6) is 0 Å². The minimum Gasteiger partial charge on any atom is -0.462 e. The predicted molar refractivity (Wildman–Crippen MR) is 137 cm³/mol. The van der Waals surface area contributed by atoms with Crippen LogP contribution in [0.4, 0.5) is 35.1 Å². The first-order valence-corrected chi connectivity index (χ1v) is 13.8. The predicted octanol–water partition coefficient (Wildman–Crippen LogP) is 6.89. The van der Waals surface area contributed by atoms with E-state index >= 15 is 0 Å². The van der Waals surface area contributed by atoms with Crippen molar-refractivity contribution in [1.82, 2.24) is 4.57 Å². The molecule has 0 aliphatic heterocycles. The molecule has 0 bridgehead atoms. The number of alkyl halides is 6. The second-order valence-electron chi connectivity index (χ2n) is 9.32. The number of benzene rings is 2. The maximum atomic E-state index is 14.4. The van der Waals surface area contributed by atoms with Gasteiger partial charge in [-0.3, -0.25) is 9.36 Å². The Morgan fingerprint density at radius 3 is 2.23 bits per heavy atom. The number of aromatic nitrogens is 1. The minimum absolute atomic E-state index is 0.0588. The zero-order chi connectivity index (χ0) is 31.9. The van der Waals surface area contributed by atoms with Crippen LogP contribution < -0.4 is 5.56 Å². The molecule has 0 amide bonds. The Kier molecular flexibility index (Phi) is 8.29. The molecule has 2 aromatic heterocycles. The van der Waals surface area contributed by atoms with Gasteiger partial charge in [0.2, 0.25) is 0 Å². The summed E-state index contributed by atoms with van der Waals surface area (Å²) in [6.45, 7) is 0.525. The third-order valence-corrected chi connectivity index (χ3v) is 8.07. The van der Waals surface area contributed by atoms with Crippen LogP contribution in [0.2, 0.25) is 0 Å². The van der Waals surface area contributed by atoms with Crippen LogP contribution in [0.15, 0.2) is 68.9 Å². The summed E-state index contributed by atoms with van der Waals surface area (Å²) in [6.07, 6.45) is -10.5. The lowest BCUT2D eigenvalue weighted by atomic mass is 10.0. The first kappa shape index (κ1) is 31.5. The monoisotopic (exact) mass is 630 g/mol. The highest BCUT2D eigenvalue weighted by Gasteiger charge is 2.37. The van der Waals surface area contributed by atoms with Gasteiger partial charge in [0, 0.05) is 17.2 Å². The van der Waals surface area contributed by atoms with E-state index in [4.69, 9.17) is 4.42 Å². The van der Waals surface area contributed by atoms with Crippen LogP contribution in [0.3, 0.4) is 0 Å². The molecule has 43 heavy (non-hydrogen) atoms. The topological polar surface area (TPSA) is 93.1 Å². The number of pyridine rings is 1. The molecular formula is C28H18F8N2O4S. The Morgan fingerprint density at radius 2 is 1.65 bits per heavy atom. The van der Waals surface area contributed by atoms with Crippen molar-refractivity contribution < 1.29 is 48.0 Å². The average molecular weight is 631 g/mol. The Balaban J connectivity index is 1.94. The highest BCUT2D eigenvalue weighted by molar-refractivity contribution is 7.91. The van der Waals surface area contributed by atoms with Crippen molar-refractivity contribution in [3.8, 4) is 28.7 Å². The largest absolute Gasteiger partial charge is 0.462 e. The lowest BCUT2D eigenvalue weighted by Gasteiger charge is -2.16. The van der Waals surface area contributed by atoms with Gasteiger partial charge in [-0.05, 0) is 41.5 Å². The number of halogens is 8. The summed E-state index contributed by atoms with van der Waals surface area (Å²) >= 11 is 0. The molecule has 0 fully saturated rings. The number of hydrogen-bond acceptors (Lipinski definition) is 5. The summed E-state index contributed by atoms with van der Waals surface area (Å²) in [5, 5.41) is 9.34. The Labute approximate surface area is 238 Å². The fourth-order valence-electron chi connectivity index (χ4n) is 4.29. The zero-order valence-corrected chi connectivity index (χ0v) is 22.6. The summed E-state index contributed by atoms with van der Waals surface area (Å²) in [4.78, 5) is 12.7. The van der Waals surface area contributed by atoms with Crippen molar-refractivity contribution in [2.45, 2.75) is 37.1 Å². The summed E-state index contributed by atoms with van der Waals surface area (Å²) < 4.78 is 140. The standard InChI is InChI=1S/C28H18F8N2O4S/c1-2-43(40,41)20-6-15(11-27(31,32)33)5-17(7-20)18-8-25(42-14-18)24-10-22(28(34,35)36)21(12-37)26(39)38(24)13-16-3-4-19(29)9-23(16)30/h3-10,14H,2,11,13H2,1H3. The number of hydrogen-bond donors (Lipinski definition) is 0. The quantitative estimate of drug-likeness (QED) is 0.208. The van der Waals surface area contributed by atoms with Gasteiger partial charge < -0.3 is 4.42 Å². The van der Waals surface area contributed by atoms with Crippen molar-refractivity contribution in [1.29, 1.82) is 5.26 Å². The SMILES string of the molecule is CCS(=O)(=O)c1cc(CC(F)(F)F)cc(-c2coc(-c3cc(C(F)(F)F)c(C#N)c(=O)n3Cc3ccc(F)cc3F)c2)c1. The van der Waals surface area contributed by atoms with Gasteiger partial charge in [0.25, 0.3) is 5.56 Å². The van der Waals surface area contributed by atoms with E-state index < -0.39 is 91.1 Å². The van der Waals surface area contributed by atoms with Crippen molar-refractivity contribution >= 4 is 9.84 Å². The lowest BCUT2D eigenvalue weighted by Crippen LogP contribution is -2.29. The van der Waals surface area contributed by atoms with E-state index in [-0.39, 0.29) is 16.7 Å². The Morgan fingerprint density at radius 1 is 0.953 bits per heavy atom. The summed E-state index contributed by atoms with van der Waals surface area (Å²) in [5.74, 6) is -2.99. The molecule has 2 aromatic carbocycles. The van der Waals surface area contributed by atoms with Crippen molar-refractivity contribution in [3.05, 3.63) is 99.0 Å². The number of nitrogens with zero attached hydrogens (tertiary/aromatic N) is 2. The van der Waals surface area contributed by atoms with Crippen molar-refractivity contribution in [2.75, 3.05) is 5.75 Å². The molecule has 4 rings (SSSR count). The number of furan rings is 1. The van der Waals surface area contributed by atoms with Crippen molar-refractivity contribution in [3.63, 3.8) is 0 Å². The fraction of sp³-hybridized carbons (Fsp3) is 0.214. The molecule has 0 radical (unpaired) electrons. The molecule has 0 N–H and O–H groups in total. The van der Waals surface area contributed by atoms with Crippen molar-refractivity contribution in [2.24, 2.45) is 0 Å². The van der Waals surface area contributed by atoms with E-state index in [2.05, 4.69) is 0 Å². The van der Waals surface area contributed by atoms with E-state index in [1.165, 1.54) is 13.0 Å². The second-order valence-corrected chi connectivity index (χ2v) is 11.6. The normalized spacial score (nSPS) is 12.4. The van der Waals surface area contributed by atoms with E-state index in [9.17, 15) is 53.6 Å². The number of sulfone groups is 1. The van der Waals surface area contributed by atoms with Crippen LogP contribution in [-0.2, 0) is 29.0 Å². The highest BCUT2D eigenvalue weighted by Crippen LogP contribution is 2.36. The molecule has 2 heterocycles. The average Bonchev–Trinajstić information content (AvgIpc) is 3.39. The minimum atomic E-state index is -5.19. The van der Waals surface area contributed by atoms with Gasteiger partial charge in [-0.25, -0.2) is 17.2 Å². The first-order chi connectivity index (χ1) is 19.9. The van der Waals surface area contributed by atoms with E-state index in [0.717, 1.165) is 42.7 Å². The molecule has 0 unspecified atom stereocenters. The molecule has 0 saturated heterocycles. The van der Waals surface area contributed by atoms with Gasteiger partial charge in [-0.15, -0.1) is 0 Å². The van der Waals surface area contributed by atoms with Gasteiger partial charge in [0.1, 0.15) is 23.3 Å². The lowest BCUT2D eigenvalue weighted by molar-refractivity contribution is -0.138. The van der Waals surface area contributed by atoms with Gasteiger partial charge >= 0.3 is 12.4 Å². The first-order valence-electron chi connectivity index (χ1n) is 12.2. The number of rotatable bonds is 7. The molecule has 6 nitrogen and oxygen atoms in total. The van der Waals surface area contributed by atoms with Gasteiger partial charge in [-0.1, -0.05) is 19.1 Å². The van der Waals surface area contributed by atoms with Gasteiger partial charge in [0.05, 0.1) is 41.1 Å². The summed E-state index contributed by atoms with van der Waals surface area (Å²) in [5.41, 5.74) is -5.90. The molecule has 15 heteroatoms. The molecule has 0 saturated carbocycles. The Hall–Kier alpha value is -4.45. The zero-order valence-electron chi connectivity index (χ0n) is 21.8. The van der Waals surface area contributed by atoms with E-state index in [1.54, 1.807) is 0 Å². The van der Waals surface area contributed by atoms with Gasteiger partial charge in [0.15, 0.2) is 15.6 Å². The molecular weight excluding hydrogens is 612 g/mol. The molecule has 226 valence electrons. The van der Waals surface area contributed by atoms with Crippen LogP contribution >= 0.6 is 0 Å². The van der Waals surface area contributed by atoms with Crippen LogP contribution in [0, 0.1) is 23.0 Å². The van der Waals surface area contributed by atoms with Crippen LogP contribution in [0.1, 0.15) is 29.2 Å². The van der Waals surface area contributed by atoms with E-state index in [1.807, 2.05) is 0 Å². The highest BCUT2D eigenvalue weighted by atomic mass is 32.2. The molecule has 4 aromatic rings. The third kappa shape index (κ3) is 6.80. The molecule has 0 aliphatic rings. The Bertz CT molecular complexity index is 1920. The molecule has 0 aliphatic carbocycles. The second kappa shape index (κ2) is 11.3.